The van der Waals surface area contributed by atoms with E-state index in [0.29, 0.717) is 34.4 Å². The molecule has 1 atom stereocenters. The van der Waals surface area contributed by atoms with Crippen LogP contribution >= 0.6 is 11.6 Å². The number of hydrogen-bond donors (Lipinski definition) is 0. The van der Waals surface area contributed by atoms with E-state index in [1.807, 2.05) is 30.3 Å². The molecule has 0 saturated heterocycles. The first kappa shape index (κ1) is 16.3. The van der Waals surface area contributed by atoms with Crippen molar-refractivity contribution in [1.82, 2.24) is 0 Å². The first-order chi connectivity index (χ1) is 12.1. The molecule has 4 rings (SSSR count). The molecule has 1 unspecified atom stereocenters. The number of amides is 1. The Morgan fingerprint density at radius 1 is 1.16 bits per heavy atom. The van der Waals surface area contributed by atoms with Gasteiger partial charge in [0.2, 0.25) is 0 Å². The third-order valence-corrected chi connectivity index (χ3v) is 4.96. The molecule has 25 heavy (non-hydrogen) atoms. The van der Waals surface area contributed by atoms with Gasteiger partial charge in [-0.25, -0.2) is 9.38 Å². The highest BCUT2D eigenvalue weighted by Crippen LogP contribution is 2.35. The van der Waals surface area contributed by atoms with Crippen LogP contribution in [0.1, 0.15) is 30.4 Å². The maximum absolute atomic E-state index is 14.6. The molecule has 2 aromatic carbocycles. The number of fused-ring (bicyclic) bond motifs is 1. The normalized spacial score (nSPS) is 20.1. The molecule has 0 spiro atoms. The van der Waals surface area contributed by atoms with Gasteiger partial charge in [0.05, 0.1) is 11.4 Å². The van der Waals surface area contributed by atoms with Crippen LogP contribution in [-0.4, -0.2) is 24.5 Å². The molecule has 5 heteroatoms. The molecule has 1 saturated carbocycles. The number of halogens is 2. The van der Waals surface area contributed by atoms with Crippen molar-refractivity contribution in [2.24, 2.45) is 10.9 Å². The highest BCUT2D eigenvalue weighted by molar-refractivity contribution is 6.32. The zero-order valence-corrected chi connectivity index (χ0v) is 14.4. The summed E-state index contributed by atoms with van der Waals surface area (Å²) < 4.78 is 14.6. The lowest BCUT2D eigenvalue weighted by Crippen LogP contribution is -2.37. The van der Waals surface area contributed by atoms with Crippen LogP contribution in [0.15, 0.2) is 53.5 Å². The Bertz CT molecular complexity index is 833. The molecule has 3 nitrogen and oxygen atoms in total. The quantitative estimate of drug-likeness (QED) is 0.736. The van der Waals surface area contributed by atoms with Crippen molar-refractivity contribution in [2.75, 3.05) is 11.4 Å². The number of hydrogen-bond acceptors (Lipinski definition) is 2. The molecule has 0 radical (unpaired) electrons. The van der Waals surface area contributed by atoms with E-state index in [1.54, 1.807) is 18.2 Å². The Labute approximate surface area is 151 Å². The maximum Gasteiger partial charge on any atom is 0.284 e. The van der Waals surface area contributed by atoms with Gasteiger partial charge in [-0.2, -0.15) is 0 Å². The molecular formula is C20H18ClFN2O. The van der Waals surface area contributed by atoms with Crippen molar-refractivity contribution in [1.29, 1.82) is 0 Å². The van der Waals surface area contributed by atoms with E-state index in [-0.39, 0.29) is 0 Å². The molecule has 128 valence electrons. The Morgan fingerprint density at radius 3 is 2.64 bits per heavy atom. The number of benzene rings is 2. The fourth-order valence-corrected chi connectivity index (χ4v) is 3.37. The molecule has 2 aliphatic rings. The van der Waals surface area contributed by atoms with E-state index in [9.17, 15) is 9.18 Å². The summed E-state index contributed by atoms with van der Waals surface area (Å²) in [7, 11) is 0. The zero-order valence-electron chi connectivity index (χ0n) is 13.7. The van der Waals surface area contributed by atoms with Gasteiger partial charge in [0.1, 0.15) is 0 Å². The molecule has 1 amide bonds. The fraction of sp³-hybridized carbons (Fsp3) is 0.300. The molecular weight excluding hydrogens is 339 g/mol. The van der Waals surface area contributed by atoms with Crippen LogP contribution in [0.2, 0.25) is 5.02 Å². The number of nitrogens with zero attached hydrogens (tertiary/aromatic N) is 2. The van der Waals surface area contributed by atoms with Crippen molar-refractivity contribution < 1.29 is 9.18 Å². The third kappa shape index (κ3) is 3.31. The van der Waals surface area contributed by atoms with Crippen molar-refractivity contribution in [3.63, 3.8) is 0 Å². The minimum absolute atomic E-state index is 0.466. The van der Waals surface area contributed by atoms with Crippen LogP contribution in [0.3, 0.4) is 0 Å². The Morgan fingerprint density at radius 2 is 1.92 bits per heavy atom. The van der Waals surface area contributed by atoms with E-state index in [4.69, 9.17) is 11.6 Å². The molecule has 1 aliphatic carbocycles. The molecule has 1 aliphatic heterocycles. The van der Waals surface area contributed by atoms with Crippen LogP contribution in [-0.2, 0) is 4.79 Å². The summed E-state index contributed by atoms with van der Waals surface area (Å²) in [5.41, 5.74) is 2.61. The second-order valence-electron chi connectivity index (χ2n) is 6.56. The van der Waals surface area contributed by atoms with Crippen LogP contribution in [0.5, 0.6) is 0 Å². The van der Waals surface area contributed by atoms with E-state index < -0.39 is 12.2 Å². The van der Waals surface area contributed by atoms with E-state index >= 15 is 0 Å². The Hall–Kier alpha value is -2.20. The highest BCUT2D eigenvalue weighted by Gasteiger charge is 2.33. The summed E-state index contributed by atoms with van der Waals surface area (Å²) in [6, 6.07) is 14.6. The lowest BCUT2D eigenvalue weighted by molar-refractivity contribution is -0.123. The monoisotopic (exact) mass is 356 g/mol. The number of anilines is 1. The average molecular weight is 357 g/mol. The molecule has 0 N–H and O–H groups in total. The summed E-state index contributed by atoms with van der Waals surface area (Å²) in [6.45, 7) is 0.510. The third-order valence-electron chi connectivity index (χ3n) is 4.72. The van der Waals surface area contributed by atoms with Crippen LogP contribution in [0.4, 0.5) is 10.1 Å². The van der Waals surface area contributed by atoms with Crippen molar-refractivity contribution >= 4 is 28.9 Å². The zero-order chi connectivity index (χ0) is 17.4. The van der Waals surface area contributed by atoms with Gasteiger partial charge >= 0.3 is 0 Å². The number of rotatable bonds is 4. The number of carbonyl (C=O) groups is 1. The maximum atomic E-state index is 14.6. The highest BCUT2D eigenvalue weighted by atomic mass is 35.5. The van der Waals surface area contributed by atoms with Crippen molar-refractivity contribution in [3.05, 3.63) is 64.7 Å². The van der Waals surface area contributed by atoms with Gasteiger partial charge in [-0.15, -0.1) is 0 Å². The molecule has 2 aromatic rings. The standard InChI is InChI=1S/C20H18ClFN2O/c21-15-8-9-17-16(12-15)18(14-4-2-1-3-5-14)23-19(22)20(25)24(17)11-10-13-6-7-13/h1-5,8-9,12-13,19H,6-7,10-11H2. The second-order valence-corrected chi connectivity index (χ2v) is 7.00. The minimum Gasteiger partial charge on any atom is -0.307 e. The fourth-order valence-electron chi connectivity index (χ4n) is 3.19. The summed E-state index contributed by atoms with van der Waals surface area (Å²) in [5, 5.41) is 0.536. The number of aliphatic imine (C=N–C) groups is 1. The summed E-state index contributed by atoms with van der Waals surface area (Å²) >= 11 is 6.19. The molecule has 1 heterocycles. The first-order valence-corrected chi connectivity index (χ1v) is 8.90. The van der Waals surface area contributed by atoms with Gasteiger partial charge in [0.15, 0.2) is 0 Å². The lowest BCUT2D eigenvalue weighted by atomic mass is 10.00. The predicted molar refractivity (Wildman–Crippen MR) is 98.1 cm³/mol. The molecule has 0 bridgehead atoms. The van der Waals surface area contributed by atoms with Gasteiger partial charge in [-0.05, 0) is 30.5 Å². The Balaban J connectivity index is 1.82. The molecule has 0 aromatic heterocycles. The predicted octanol–water partition coefficient (Wildman–Crippen LogP) is 4.62. The van der Waals surface area contributed by atoms with Gasteiger partial charge in [0.25, 0.3) is 12.2 Å². The van der Waals surface area contributed by atoms with Gasteiger partial charge < -0.3 is 4.90 Å². The summed E-state index contributed by atoms with van der Waals surface area (Å²) in [6.07, 6.45) is 1.38. The van der Waals surface area contributed by atoms with Gasteiger partial charge in [-0.1, -0.05) is 54.8 Å². The van der Waals surface area contributed by atoms with E-state index in [2.05, 4.69) is 4.99 Å². The van der Waals surface area contributed by atoms with Crippen molar-refractivity contribution in [3.8, 4) is 0 Å². The van der Waals surface area contributed by atoms with Crippen LogP contribution in [0, 0.1) is 5.92 Å². The minimum atomic E-state index is -1.90. The van der Waals surface area contributed by atoms with Crippen LogP contribution < -0.4 is 4.90 Å². The molecule has 1 fully saturated rings. The van der Waals surface area contributed by atoms with E-state index in [0.717, 1.165) is 12.0 Å². The smallest absolute Gasteiger partial charge is 0.284 e. The summed E-state index contributed by atoms with van der Waals surface area (Å²) in [5.74, 6) is 0.0505. The summed E-state index contributed by atoms with van der Waals surface area (Å²) in [4.78, 5) is 18.3. The van der Waals surface area contributed by atoms with Crippen LogP contribution in [0.25, 0.3) is 0 Å². The lowest BCUT2D eigenvalue weighted by Gasteiger charge is -2.23. The van der Waals surface area contributed by atoms with E-state index in [1.165, 1.54) is 17.7 Å². The number of carbonyl (C=O) groups excluding carboxylic acids is 1. The number of alkyl halides is 1. The Kier molecular flexibility index (Phi) is 4.30. The first-order valence-electron chi connectivity index (χ1n) is 8.52. The van der Waals surface area contributed by atoms with Crippen molar-refractivity contribution in [2.45, 2.75) is 25.6 Å². The topological polar surface area (TPSA) is 32.7 Å². The largest absolute Gasteiger partial charge is 0.307 e. The van der Waals surface area contributed by atoms with Gasteiger partial charge in [-0.3, -0.25) is 4.79 Å². The SMILES string of the molecule is O=C1C(F)N=C(c2ccccc2)c2cc(Cl)ccc2N1CCC1CC1. The van der Waals surface area contributed by atoms with Gasteiger partial charge in [0, 0.05) is 22.7 Å². The number of benzodiazepines with no additional fused rings is 1. The second kappa shape index (κ2) is 6.60. The average Bonchev–Trinajstić information content (AvgIpc) is 3.45.